The molecule has 0 radical (unpaired) electrons. The molecule has 0 saturated heterocycles. The topological polar surface area (TPSA) is 73.0 Å². The molecule has 2 aromatic heterocycles. The van der Waals surface area contributed by atoms with E-state index in [1.54, 1.807) is 17.9 Å². The highest BCUT2D eigenvalue weighted by molar-refractivity contribution is 5.93. The van der Waals surface area contributed by atoms with Gasteiger partial charge in [0.1, 0.15) is 5.52 Å². The van der Waals surface area contributed by atoms with Crippen LogP contribution in [0.15, 0.2) is 41.1 Å². The fourth-order valence-corrected chi connectivity index (χ4v) is 1.95. The first-order chi connectivity index (χ1) is 9.72. The van der Waals surface area contributed by atoms with Crippen molar-refractivity contribution < 1.29 is 9.21 Å². The summed E-state index contributed by atoms with van der Waals surface area (Å²) >= 11 is 0. The fourth-order valence-electron chi connectivity index (χ4n) is 1.95. The zero-order valence-corrected chi connectivity index (χ0v) is 11.0. The van der Waals surface area contributed by atoms with E-state index in [1.807, 2.05) is 24.3 Å². The molecular formula is C14H14N4O2. The Balaban J connectivity index is 1.58. The summed E-state index contributed by atoms with van der Waals surface area (Å²) < 4.78 is 7.17. The van der Waals surface area contributed by atoms with E-state index in [2.05, 4.69) is 15.4 Å². The van der Waals surface area contributed by atoms with Crippen molar-refractivity contribution in [2.24, 2.45) is 7.05 Å². The second kappa shape index (κ2) is 5.16. The third kappa shape index (κ3) is 2.54. The molecule has 0 atom stereocenters. The first-order valence-corrected chi connectivity index (χ1v) is 6.34. The normalized spacial score (nSPS) is 10.8. The highest BCUT2D eigenvalue weighted by Gasteiger charge is 2.08. The molecular weight excluding hydrogens is 256 g/mol. The van der Waals surface area contributed by atoms with E-state index in [4.69, 9.17) is 4.42 Å². The summed E-state index contributed by atoms with van der Waals surface area (Å²) in [6, 6.07) is 7.59. The van der Waals surface area contributed by atoms with Gasteiger partial charge in [0, 0.05) is 26.2 Å². The molecule has 0 fully saturated rings. The predicted octanol–water partition coefficient (Wildman–Crippen LogP) is 1.53. The molecule has 0 aliphatic rings. The number of para-hydroxylation sites is 2. The highest BCUT2D eigenvalue weighted by atomic mass is 16.3. The van der Waals surface area contributed by atoms with Crippen LogP contribution < -0.4 is 5.32 Å². The molecule has 2 heterocycles. The van der Waals surface area contributed by atoms with Gasteiger partial charge in [-0.15, -0.1) is 0 Å². The lowest BCUT2D eigenvalue weighted by Gasteiger charge is -2.00. The number of rotatable bonds is 4. The number of carbonyl (C=O) groups excluding carboxylic acids is 1. The molecule has 0 saturated carbocycles. The van der Waals surface area contributed by atoms with Crippen LogP contribution in [0.3, 0.4) is 0 Å². The van der Waals surface area contributed by atoms with Gasteiger partial charge in [-0.25, -0.2) is 4.98 Å². The molecule has 6 nitrogen and oxygen atoms in total. The number of oxazole rings is 1. The molecule has 0 bridgehead atoms. The average molecular weight is 270 g/mol. The van der Waals surface area contributed by atoms with Crippen molar-refractivity contribution in [3.8, 4) is 0 Å². The largest absolute Gasteiger partial charge is 0.441 e. The number of benzene rings is 1. The summed E-state index contributed by atoms with van der Waals surface area (Å²) in [5, 5.41) is 6.77. The minimum absolute atomic E-state index is 0.144. The predicted molar refractivity (Wildman–Crippen MR) is 73.3 cm³/mol. The van der Waals surface area contributed by atoms with Gasteiger partial charge < -0.3 is 9.73 Å². The van der Waals surface area contributed by atoms with Gasteiger partial charge in [0.2, 0.25) is 0 Å². The number of fused-ring (bicyclic) bond motifs is 1. The zero-order valence-electron chi connectivity index (χ0n) is 11.0. The van der Waals surface area contributed by atoms with Gasteiger partial charge in [0.15, 0.2) is 11.5 Å². The van der Waals surface area contributed by atoms with Crippen molar-refractivity contribution in [3.05, 3.63) is 48.1 Å². The van der Waals surface area contributed by atoms with E-state index in [9.17, 15) is 4.79 Å². The molecule has 0 aliphatic carbocycles. The maximum atomic E-state index is 11.8. The van der Waals surface area contributed by atoms with E-state index in [1.165, 1.54) is 6.20 Å². The van der Waals surface area contributed by atoms with Gasteiger partial charge in [-0.2, -0.15) is 5.10 Å². The average Bonchev–Trinajstić information content (AvgIpc) is 3.04. The number of amides is 1. The van der Waals surface area contributed by atoms with Crippen molar-refractivity contribution in [1.82, 2.24) is 20.1 Å². The number of aryl methyl sites for hydroxylation is 1. The van der Waals surface area contributed by atoms with Crippen molar-refractivity contribution in [3.63, 3.8) is 0 Å². The molecule has 20 heavy (non-hydrogen) atoms. The number of nitrogens with zero attached hydrogens (tertiary/aromatic N) is 3. The Bertz CT molecular complexity index is 711. The standard InChI is InChI=1S/C14H14N4O2/c1-18-9-10(8-16-18)14(19)15-7-6-13-17-11-4-2-3-5-12(11)20-13/h2-5,8-9H,6-7H2,1H3,(H,15,19). The van der Waals surface area contributed by atoms with Gasteiger partial charge in [-0.3, -0.25) is 9.48 Å². The lowest BCUT2D eigenvalue weighted by Crippen LogP contribution is -2.25. The Labute approximate surface area is 115 Å². The Kier molecular flexibility index (Phi) is 3.20. The maximum Gasteiger partial charge on any atom is 0.254 e. The number of hydrogen-bond acceptors (Lipinski definition) is 4. The third-order valence-electron chi connectivity index (χ3n) is 2.93. The number of carbonyl (C=O) groups is 1. The van der Waals surface area contributed by atoms with Crippen LogP contribution in [0.4, 0.5) is 0 Å². The van der Waals surface area contributed by atoms with E-state index in [0.29, 0.717) is 24.4 Å². The maximum absolute atomic E-state index is 11.8. The third-order valence-corrected chi connectivity index (χ3v) is 2.93. The van der Waals surface area contributed by atoms with Crippen LogP contribution in [-0.2, 0) is 13.5 Å². The molecule has 1 N–H and O–H groups in total. The molecule has 1 amide bonds. The van der Waals surface area contributed by atoms with Crippen LogP contribution in [0, 0.1) is 0 Å². The van der Waals surface area contributed by atoms with Gasteiger partial charge in [-0.1, -0.05) is 12.1 Å². The van der Waals surface area contributed by atoms with Gasteiger partial charge >= 0.3 is 0 Å². The quantitative estimate of drug-likeness (QED) is 0.780. The Morgan fingerprint density at radius 3 is 3.00 bits per heavy atom. The second-order valence-corrected chi connectivity index (χ2v) is 4.48. The Morgan fingerprint density at radius 2 is 2.25 bits per heavy atom. The highest BCUT2D eigenvalue weighted by Crippen LogP contribution is 2.14. The van der Waals surface area contributed by atoms with Gasteiger partial charge in [-0.05, 0) is 12.1 Å². The number of nitrogens with one attached hydrogen (secondary N) is 1. The minimum atomic E-state index is -0.144. The van der Waals surface area contributed by atoms with Crippen LogP contribution >= 0.6 is 0 Å². The van der Waals surface area contributed by atoms with Gasteiger partial charge in [0.05, 0.1) is 11.8 Å². The first kappa shape index (κ1) is 12.4. The second-order valence-electron chi connectivity index (χ2n) is 4.48. The summed E-state index contributed by atoms with van der Waals surface area (Å²) in [6.07, 6.45) is 3.77. The monoisotopic (exact) mass is 270 g/mol. The molecule has 6 heteroatoms. The number of hydrogen-bond donors (Lipinski definition) is 1. The minimum Gasteiger partial charge on any atom is -0.441 e. The molecule has 0 spiro atoms. The van der Waals surface area contributed by atoms with Crippen molar-refractivity contribution in [1.29, 1.82) is 0 Å². The Hall–Kier alpha value is -2.63. The zero-order chi connectivity index (χ0) is 13.9. The fraction of sp³-hybridized carbons (Fsp3) is 0.214. The van der Waals surface area contributed by atoms with Crippen LogP contribution in [0.1, 0.15) is 16.2 Å². The first-order valence-electron chi connectivity index (χ1n) is 6.34. The van der Waals surface area contributed by atoms with Crippen LogP contribution in [0.25, 0.3) is 11.1 Å². The van der Waals surface area contributed by atoms with Gasteiger partial charge in [0.25, 0.3) is 5.91 Å². The molecule has 3 rings (SSSR count). The lowest BCUT2D eigenvalue weighted by molar-refractivity contribution is 0.0953. The summed E-state index contributed by atoms with van der Waals surface area (Å²) in [7, 11) is 1.77. The van der Waals surface area contributed by atoms with Crippen molar-refractivity contribution >= 4 is 17.0 Å². The molecule has 3 aromatic rings. The van der Waals surface area contributed by atoms with Crippen molar-refractivity contribution in [2.45, 2.75) is 6.42 Å². The molecule has 1 aromatic carbocycles. The lowest BCUT2D eigenvalue weighted by atomic mass is 10.3. The van der Waals surface area contributed by atoms with Crippen LogP contribution in [0.5, 0.6) is 0 Å². The summed E-state index contributed by atoms with van der Waals surface area (Å²) in [5.74, 6) is 0.479. The summed E-state index contributed by atoms with van der Waals surface area (Å²) in [5.41, 5.74) is 2.15. The van der Waals surface area contributed by atoms with E-state index in [0.717, 1.165) is 11.1 Å². The smallest absolute Gasteiger partial charge is 0.254 e. The Morgan fingerprint density at radius 1 is 1.40 bits per heavy atom. The van der Waals surface area contributed by atoms with E-state index < -0.39 is 0 Å². The van der Waals surface area contributed by atoms with Crippen molar-refractivity contribution in [2.75, 3.05) is 6.54 Å². The molecule has 0 unspecified atom stereocenters. The van der Waals surface area contributed by atoms with Crippen LogP contribution in [-0.4, -0.2) is 27.2 Å². The molecule has 0 aliphatic heterocycles. The van der Waals surface area contributed by atoms with Crippen LogP contribution in [0.2, 0.25) is 0 Å². The summed E-state index contributed by atoms with van der Waals surface area (Å²) in [6.45, 7) is 0.473. The molecule has 102 valence electrons. The summed E-state index contributed by atoms with van der Waals surface area (Å²) in [4.78, 5) is 16.2. The number of aromatic nitrogens is 3. The van der Waals surface area contributed by atoms with E-state index >= 15 is 0 Å². The van der Waals surface area contributed by atoms with E-state index in [-0.39, 0.29) is 5.91 Å². The SMILES string of the molecule is Cn1cc(C(=O)NCCc2nc3ccccc3o2)cn1.